The van der Waals surface area contributed by atoms with Gasteiger partial charge in [0, 0.05) is 0 Å². The van der Waals surface area contributed by atoms with Gasteiger partial charge in [-0.25, -0.2) is 4.98 Å². The molecule has 0 amide bonds. The van der Waals surface area contributed by atoms with Crippen LogP contribution < -0.4 is 0 Å². The quantitative estimate of drug-likeness (QED) is 0.534. The maximum atomic E-state index is 4.93. The fourth-order valence-corrected chi connectivity index (χ4v) is 3.74. The molecule has 0 radical (unpaired) electrons. The molecule has 11 heavy (non-hydrogen) atoms. The standard InChI is InChI=1S/C6H3NS4/c8-6-7-5(10-11-6)4-2-1-3-9-4/h1-3H. The molecular weight excluding hydrogens is 214 g/mol. The Bertz CT molecular complexity index is 383. The van der Waals surface area contributed by atoms with E-state index in [4.69, 9.17) is 12.2 Å². The molecule has 0 saturated carbocycles. The van der Waals surface area contributed by atoms with Gasteiger partial charge in [-0.3, -0.25) is 0 Å². The molecule has 0 aliphatic rings. The van der Waals surface area contributed by atoms with Crippen molar-refractivity contribution in [2.75, 3.05) is 0 Å². The summed E-state index contributed by atoms with van der Waals surface area (Å²) < 4.78 is 0.735. The van der Waals surface area contributed by atoms with Crippen molar-refractivity contribution in [1.82, 2.24) is 4.98 Å². The van der Waals surface area contributed by atoms with E-state index in [0.717, 1.165) is 8.96 Å². The van der Waals surface area contributed by atoms with E-state index in [1.807, 2.05) is 11.4 Å². The van der Waals surface area contributed by atoms with Crippen LogP contribution in [0.4, 0.5) is 0 Å². The molecule has 0 spiro atoms. The topological polar surface area (TPSA) is 12.9 Å². The zero-order chi connectivity index (χ0) is 7.68. The summed E-state index contributed by atoms with van der Waals surface area (Å²) in [6.07, 6.45) is 0. The molecular formula is C6H3NS4. The molecule has 0 aliphatic heterocycles. The van der Waals surface area contributed by atoms with Crippen LogP contribution in [0.3, 0.4) is 0 Å². The largest absolute Gasteiger partial charge is 0.213 e. The Morgan fingerprint density at radius 2 is 2.27 bits per heavy atom. The Morgan fingerprint density at radius 3 is 2.82 bits per heavy atom. The average molecular weight is 217 g/mol. The number of nitrogens with zero attached hydrogens (tertiary/aromatic N) is 1. The van der Waals surface area contributed by atoms with Gasteiger partial charge in [-0.1, -0.05) is 16.4 Å². The second-order valence-electron chi connectivity index (χ2n) is 1.83. The van der Waals surface area contributed by atoms with E-state index in [2.05, 4.69) is 11.1 Å². The van der Waals surface area contributed by atoms with Gasteiger partial charge < -0.3 is 0 Å². The fourth-order valence-electron chi connectivity index (χ4n) is 0.692. The lowest BCUT2D eigenvalue weighted by Crippen LogP contribution is -1.65. The van der Waals surface area contributed by atoms with Crippen LogP contribution in [0.15, 0.2) is 17.5 Å². The van der Waals surface area contributed by atoms with Crippen molar-refractivity contribution < 1.29 is 0 Å². The maximum Gasteiger partial charge on any atom is 0.191 e. The van der Waals surface area contributed by atoms with Gasteiger partial charge in [0.2, 0.25) is 0 Å². The van der Waals surface area contributed by atoms with Crippen LogP contribution in [0.25, 0.3) is 9.88 Å². The van der Waals surface area contributed by atoms with Crippen LogP contribution in [0, 0.1) is 3.95 Å². The van der Waals surface area contributed by atoms with Crippen LogP contribution >= 0.6 is 44.2 Å². The summed E-state index contributed by atoms with van der Waals surface area (Å²) in [6, 6.07) is 4.08. The van der Waals surface area contributed by atoms with Gasteiger partial charge in [0.1, 0.15) is 5.01 Å². The van der Waals surface area contributed by atoms with E-state index in [1.165, 1.54) is 4.88 Å². The third kappa shape index (κ3) is 1.56. The van der Waals surface area contributed by atoms with Crippen LogP contribution in [-0.4, -0.2) is 4.98 Å². The number of rotatable bonds is 1. The van der Waals surface area contributed by atoms with Gasteiger partial charge in [0.05, 0.1) is 4.88 Å². The van der Waals surface area contributed by atoms with Crippen molar-refractivity contribution in [2.45, 2.75) is 0 Å². The molecule has 0 unspecified atom stereocenters. The predicted molar refractivity (Wildman–Crippen MR) is 54.1 cm³/mol. The summed E-state index contributed by atoms with van der Waals surface area (Å²) in [4.78, 5) is 5.43. The molecule has 2 aromatic rings. The smallest absolute Gasteiger partial charge is 0.191 e. The SMILES string of the molecule is S=c1nc(-c2cccs2)ss1. The van der Waals surface area contributed by atoms with Crippen LogP contribution in [0.2, 0.25) is 0 Å². The van der Waals surface area contributed by atoms with E-state index in [9.17, 15) is 0 Å². The predicted octanol–water partition coefficient (Wildman–Crippen LogP) is 3.66. The monoisotopic (exact) mass is 217 g/mol. The first-order valence-electron chi connectivity index (χ1n) is 2.87. The van der Waals surface area contributed by atoms with Crippen molar-refractivity contribution in [1.29, 1.82) is 0 Å². The zero-order valence-corrected chi connectivity index (χ0v) is 8.58. The van der Waals surface area contributed by atoms with Gasteiger partial charge in [-0.05, 0) is 34.0 Å². The zero-order valence-electron chi connectivity index (χ0n) is 5.31. The first kappa shape index (κ1) is 7.54. The van der Waals surface area contributed by atoms with Gasteiger partial charge in [-0.15, -0.1) is 11.3 Å². The van der Waals surface area contributed by atoms with Gasteiger partial charge in [0.25, 0.3) is 0 Å². The van der Waals surface area contributed by atoms with Crippen LogP contribution in [0.1, 0.15) is 0 Å². The second-order valence-corrected chi connectivity index (χ2v) is 5.53. The Labute approximate surface area is 80.4 Å². The van der Waals surface area contributed by atoms with Crippen LogP contribution in [0.5, 0.6) is 0 Å². The molecule has 0 N–H and O–H groups in total. The molecule has 0 aromatic carbocycles. The first-order chi connectivity index (χ1) is 5.36. The molecule has 56 valence electrons. The lowest BCUT2D eigenvalue weighted by Gasteiger charge is -1.82. The van der Waals surface area contributed by atoms with E-state index < -0.39 is 0 Å². The Balaban J connectivity index is 2.53. The van der Waals surface area contributed by atoms with Crippen molar-refractivity contribution in [3.8, 4) is 9.88 Å². The van der Waals surface area contributed by atoms with Gasteiger partial charge >= 0.3 is 0 Å². The molecule has 2 aromatic heterocycles. The minimum absolute atomic E-state index is 0.735. The van der Waals surface area contributed by atoms with Crippen molar-refractivity contribution >= 4 is 44.2 Å². The molecule has 2 heterocycles. The molecule has 1 nitrogen and oxygen atoms in total. The third-order valence-electron chi connectivity index (χ3n) is 1.12. The highest BCUT2D eigenvalue weighted by Crippen LogP contribution is 2.29. The lowest BCUT2D eigenvalue weighted by atomic mass is 10.5. The molecule has 5 heteroatoms. The molecule has 0 atom stereocenters. The normalized spacial score (nSPS) is 10.2. The van der Waals surface area contributed by atoms with Crippen molar-refractivity contribution in [3.05, 3.63) is 21.5 Å². The summed E-state index contributed by atoms with van der Waals surface area (Å²) in [5.74, 6) is 0. The van der Waals surface area contributed by atoms with Crippen LogP contribution in [-0.2, 0) is 0 Å². The third-order valence-corrected chi connectivity index (χ3v) is 4.76. The summed E-state index contributed by atoms with van der Waals surface area (Å²) in [7, 11) is 3.20. The highest BCUT2D eigenvalue weighted by atomic mass is 32.9. The number of thiophene rings is 1. The summed E-state index contributed by atoms with van der Waals surface area (Å²) in [5.41, 5.74) is 0. The van der Waals surface area contributed by atoms with Crippen molar-refractivity contribution in [2.24, 2.45) is 0 Å². The Morgan fingerprint density at radius 1 is 1.36 bits per heavy atom. The Hall–Kier alpha value is -0.100. The molecule has 2 rings (SSSR count). The first-order valence-corrected chi connectivity index (χ1v) is 6.31. The number of aromatic nitrogens is 1. The maximum absolute atomic E-state index is 4.93. The Kier molecular flexibility index (Phi) is 2.13. The highest BCUT2D eigenvalue weighted by Gasteiger charge is 2.01. The fraction of sp³-hybridized carbons (Fsp3) is 0. The van der Waals surface area contributed by atoms with E-state index in [1.54, 1.807) is 32.0 Å². The molecule has 0 bridgehead atoms. The highest BCUT2D eigenvalue weighted by molar-refractivity contribution is 7.79. The molecule has 0 fully saturated rings. The molecule has 0 saturated heterocycles. The molecule has 0 aliphatic carbocycles. The van der Waals surface area contributed by atoms with E-state index in [-0.39, 0.29) is 0 Å². The van der Waals surface area contributed by atoms with E-state index in [0.29, 0.717) is 0 Å². The number of hydrogen-bond acceptors (Lipinski definition) is 5. The second kappa shape index (κ2) is 3.10. The summed E-state index contributed by atoms with van der Waals surface area (Å²) in [5, 5.41) is 3.10. The summed E-state index contributed by atoms with van der Waals surface area (Å²) in [6.45, 7) is 0. The van der Waals surface area contributed by atoms with E-state index >= 15 is 0 Å². The average Bonchev–Trinajstić information content (AvgIpc) is 2.55. The van der Waals surface area contributed by atoms with Crippen molar-refractivity contribution in [3.63, 3.8) is 0 Å². The minimum atomic E-state index is 0.735. The minimum Gasteiger partial charge on any atom is -0.213 e. The lowest BCUT2D eigenvalue weighted by molar-refractivity contribution is 1.43. The van der Waals surface area contributed by atoms with Gasteiger partial charge in [0.15, 0.2) is 3.95 Å². The summed E-state index contributed by atoms with van der Waals surface area (Å²) >= 11 is 6.63. The number of hydrogen-bond donors (Lipinski definition) is 0. The van der Waals surface area contributed by atoms with Gasteiger partial charge in [-0.2, -0.15) is 0 Å².